The number of hydrogen-bond donors (Lipinski definition) is 2. The Balaban J connectivity index is 2.23. The molecular formula is C27H41NO4Si. The van der Waals surface area contributed by atoms with E-state index in [9.17, 15) is 9.90 Å². The minimum Gasteiger partial charge on any atom is -0.444 e. The van der Waals surface area contributed by atoms with E-state index in [4.69, 9.17) is 9.16 Å². The second kappa shape index (κ2) is 11.3. The number of carbonyl (C=O) groups excluding carboxylic acids is 1. The highest BCUT2D eigenvalue weighted by atomic mass is 28.4. The van der Waals surface area contributed by atoms with Gasteiger partial charge in [0.25, 0.3) is 8.32 Å². The molecule has 0 aromatic heterocycles. The normalized spacial score (nSPS) is 14.4. The van der Waals surface area contributed by atoms with Gasteiger partial charge in [-0.05, 0) is 48.5 Å². The van der Waals surface area contributed by atoms with E-state index in [2.05, 4.69) is 81.5 Å². The Morgan fingerprint density at radius 3 is 1.82 bits per heavy atom. The van der Waals surface area contributed by atoms with Gasteiger partial charge >= 0.3 is 6.09 Å². The Morgan fingerprint density at radius 2 is 1.42 bits per heavy atom. The number of aliphatic hydroxyl groups excluding tert-OH is 1. The van der Waals surface area contributed by atoms with E-state index in [0.717, 1.165) is 0 Å². The van der Waals surface area contributed by atoms with Crippen LogP contribution in [0.5, 0.6) is 0 Å². The van der Waals surface area contributed by atoms with Crippen molar-refractivity contribution < 1.29 is 19.1 Å². The molecule has 2 rings (SSSR count). The molecule has 0 radical (unpaired) electrons. The molecule has 5 nitrogen and oxygen atoms in total. The smallest absolute Gasteiger partial charge is 0.407 e. The minimum atomic E-state index is -2.61. The van der Waals surface area contributed by atoms with Gasteiger partial charge in [-0.25, -0.2) is 4.79 Å². The zero-order valence-electron chi connectivity index (χ0n) is 21.2. The van der Waals surface area contributed by atoms with Crippen molar-refractivity contribution in [1.82, 2.24) is 5.32 Å². The molecule has 2 aromatic carbocycles. The van der Waals surface area contributed by atoms with E-state index in [0.29, 0.717) is 13.0 Å². The summed E-state index contributed by atoms with van der Waals surface area (Å²) in [6.07, 6.45) is 0.0789. The van der Waals surface area contributed by atoms with Crippen molar-refractivity contribution in [3.8, 4) is 0 Å². The summed E-state index contributed by atoms with van der Waals surface area (Å²) in [6.45, 7) is 14.7. The molecule has 0 saturated heterocycles. The van der Waals surface area contributed by atoms with Crippen molar-refractivity contribution in [2.24, 2.45) is 5.92 Å². The number of ether oxygens (including phenoxy) is 1. The number of alkyl carbamates (subject to hydrolysis) is 1. The molecule has 0 bridgehead atoms. The molecule has 0 unspecified atom stereocenters. The van der Waals surface area contributed by atoms with Crippen LogP contribution in [0, 0.1) is 5.92 Å². The van der Waals surface area contributed by atoms with Gasteiger partial charge in [-0.1, -0.05) is 88.4 Å². The Hall–Kier alpha value is -2.15. The lowest BCUT2D eigenvalue weighted by molar-refractivity contribution is 0.0468. The molecule has 2 aromatic rings. The van der Waals surface area contributed by atoms with Gasteiger partial charge in [0.1, 0.15) is 5.60 Å². The predicted octanol–water partition coefficient (Wildman–Crippen LogP) is 4.47. The third-order valence-electron chi connectivity index (χ3n) is 5.63. The van der Waals surface area contributed by atoms with E-state index >= 15 is 0 Å². The quantitative estimate of drug-likeness (QED) is 0.530. The number of nitrogens with one attached hydrogen (secondary N) is 1. The van der Waals surface area contributed by atoms with Crippen LogP contribution < -0.4 is 15.7 Å². The Kier molecular flexibility index (Phi) is 9.29. The fourth-order valence-corrected chi connectivity index (χ4v) is 8.93. The molecule has 0 aliphatic heterocycles. The lowest BCUT2D eigenvalue weighted by atomic mass is 10.0. The molecule has 33 heavy (non-hydrogen) atoms. The van der Waals surface area contributed by atoms with E-state index in [-0.39, 0.29) is 17.6 Å². The molecular weight excluding hydrogens is 430 g/mol. The predicted molar refractivity (Wildman–Crippen MR) is 138 cm³/mol. The second-order valence-corrected chi connectivity index (χ2v) is 15.1. The molecule has 0 heterocycles. The fraction of sp³-hybridized carbons (Fsp3) is 0.519. The largest absolute Gasteiger partial charge is 0.444 e. The molecule has 0 aliphatic carbocycles. The van der Waals surface area contributed by atoms with Crippen LogP contribution in [-0.4, -0.2) is 44.4 Å². The third kappa shape index (κ3) is 7.42. The van der Waals surface area contributed by atoms with Gasteiger partial charge in [-0.3, -0.25) is 0 Å². The highest BCUT2D eigenvalue weighted by Crippen LogP contribution is 2.37. The van der Waals surface area contributed by atoms with Crippen LogP contribution in [0.4, 0.5) is 4.79 Å². The van der Waals surface area contributed by atoms with Crippen LogP contribution in [0.3, 0.4) is 0 Å². The van der Waals surface area contributed by atoms with E-state index in [1.54, 1.807) is 0 Å². The van der Waals surface area contributed by atoms with Crippen molar-refractivity contribution >= 4 is 24.8 Å². The van der Waals surface area contributed by atoms with Crippen LogP contribution in [0.15, 0.2) is 60.7 Å². The molecule has 6 heteroatoms. The number of rotatable bonds is 9. The number of carbonyl (C=O) groups is 1. The van der Waals surface area contributed by atoms with E-state index < -0.39 is 26.1 Å². The van der Waals surface area contributed by atoms with E-state index in [1.165, 1.54) is 10.4 Å². The Labute approximate surface area is 200 Å². The topological polar surface area (TPSA) is 67.8 Å². The molecule has 0 spiro atoms. The van der Waals surface area contributed by atoms with Crippen LogP contribution in [0.1, 0.15) is 54.9 Å². The van der Waals surface area contributed by atoms with Crippen LogP contribution in [0.2, 0.25) is 5.04 Å². The molecule has 2 atom stereocenters. The maximum absolute atomic E-state index is 12.2. The first kappa shape index (κ1) is 27.1. The van der Waals surface area contributed by atoms with E-state index in [1.807, 2.05) is 32.9 Å². The highest BCUT2D eigenvalue weighted by Gasteiger charge is 2.50. The van der Waals surface area contributed by atoms with Crippen molar-refractivity contribution in [3.05, 3.63) is 60.7 Å². The van der Waals surface area contributed by atoms with Crippen molar-refractivity contribution in [2.45, 2.75) is 71.6 Å². The highest BCUT2D eigenvalue weighted by molar-refractivity contribution is 6.99. The average Bonchev–Trinajstić information content (AvgIpc) is 2.73. The SMILES string of the molecule is C[C@@H](CO[Si](c1ccccc1)(c1ccccc1)C(C)(C)C)C[C@@H](CO)NC(=O)OC(C)(C)C. The number of hydrogen-bond acceptors (Lipinski definition) is 4. The summed E-state index contributed by atoms with van der Waals surface area (Å²) in [4.78, 5) is 12.2. The van der Waals surface area contributed by atoms with Gasteiger partial charge < -0.3 is 19.6 Å². The summed E-state index contributed by atoms with van der Waals surface area (Å²) in [5, 5.41) is 15.0. The standard InChI is InChI=1S/C27H41NO4Si/c1-21(18-22(19-29)28-25(30)32-26(2,3)4)20-31-33(27(5,6)7,23-14-10-8-11-15-23)24-16-12-9-13-17-24/h8-17,21-22,29H,18-20H2,1-7H3,(H,28,30)/t21-,22+/m1/s1. The van der Waals surface area contributed by atoms with Crippen molar-refractivity contribution in [3.63, 3.8) is 0 Å². The second-order valence-electron chi connectivity index (χ2n) is 10.8. The summed E-state index contributed by atoms with van der Waals surface area (Å²) in [5.74, 6) is 0.124. The summed E-state index contributed by atoms with van der Waals surface area (Å²) in [5.41, 5.74) is -0.581. The molecule has 182 valence electrons. The molecule has 0 fully saturated rings. The van der Waals surface area contributed by atoms with Gasteiger partial charge in [0, 0.05) is 6.61 Å². The van der Waals surface area contributed by atoms with Gasteiger partial charge in [-0.15, -0.1) is 0 Å². The monoisotopic (exact) mass is 471 g/mol. The molecule has 0 aliphatic rings. The Morgan fingerprint density at radius 1 is 0.939 bits per heavy atom. The fourth-order valence-electron chi connectivity index (χ4n) is 4.24. The van der Waals surface area contributed by atoms with Gasteiger partial charge in [0.15, 0.2) is 0 Å². The summed E-state index contributed by atoms with van der Waals surface area (Å²) in [7, 11) is -2.61. The van der Waals surface area contributed by atoms with Crippen LogP contribution in [-0.2, 0) is 9.16 Å². The maximum Gasteiger partial charge on any atom is 0.407 e. The number of amides is 1. The summed E-state index contributed by atoms with van der Waals surface area (Å²) < 4.78 is 12.3. The Bertz CT molecular complexity index is 820. The molecule has 0 saturated carbocycles. The molecule has 2 N–H and O–H groups in total. The van der Waals surface area contributed by atoms with Crippen LogP contribution >= 0.6 is 0 Å². The maximum atomic E-state index is 12.2. The summed E-state index contributed by atoms with van der Waals surface area (Å²) >= 11 is 0. The average molecular weight is 472 g/mol. The van der Waals surface area contributed by atoms with Gasteiger partial charge in [0.05, 0.1) is 12.6 Å². The zero-order chi connectivity index (χ0) is 24.7. The minimum absolute atomic E-state index is 0.0967. The first-order chi connectivity index (χ1) is 15.4. The third-order valence-corrected chi connectivity index (χ3v) is 10.6. The van der Waals surface area contributed by atoms with Gasteiger partial charge in [-0.2, -0.15) is 0 Å². The molecule has 1 amide bonds. The lowest BCUT2D eigenvalue weighted by Gasteiger charge is -2.43. The van der Waals surface area contributed by atoms with Crippen LogP contribution in [0.25, 0.3) is 0 Å². The van der Waals surface area contributed by atoms with Crippen molar-refractivity contribution in [2.75, 3.05) is 13.2 Å². The number of benzene rings is 2. The first-order valence-corrected chi connectivity index (χ1v) is 13.7. The number of aliphatic hydroxyl groups is 1. The van der Waals surface area contributed by atoms with Crippen molar-refractivity contribution in [1.29, 1.82) is 0 Å². The lowest BCUT2D eigenvalue weighted by Crippen LogP contribution is -2.66. The zero-order valence-corrected chi connectivity index (χ0v) is 22.2. The summed E-state index contributed by atoms with van der Waals surface area (Å²) in [6, 6.07) is 20.7. The first-order valence-electron chi connectivity index (χ1n) is 11.7. The van der Waals surface area contributed by atoms with Gasteiger partial charge in [0.2, 0.25) is 0 Å².